The Labute approximate surface area is 123 Å². The molecule has 116 valence electrons. The smallest absolute Gasteiger partial charge is 0.261 e. The van der Waals surface area contributed by atoms with Crippen molar-refractivity contribution in [3.63, 3.8) is 0 Å². The van der Waals surface area contributed by atoms with Crippen molar-refractivity contribution >= 4 is 10.1 Å². The summed E-state index contributed by atoms with van der Waals surface area (Å²) >= 11 is 0. The minimum atomic E-state index is -3.67. The Morgan fingerprint density at radius 3 is 2.00 bits per heavy atom. The monoisotopic (exact) mass is 302 g/mol. The van der Waals surface area contributed by atoms with Gasteiger partial charge in [0.05, 0.1) is 6.26 Å². The van der Waals surface area contributed by atoms with Crippen molar-refractivity contribution in [1.82, 2.24) is 0 Å². The Kier molecular flexibility index (Phi) is 10.3. The molecule has 20 heavy (non-hydrogen) atoms. The van der Waals surface area contributed by atoms with Crippen molar-refractivity contribution in [2.45, 2.75) is 58.9 Å². The maximum absolute atomic E-state index is 9.19. The molecule has 1 aromatic rings. The van der Waals surface area contributed by atoms with Crippen LogP contribution in [0.3, 0.4) is 0 Å². The molecule has 0 aliphatic carbocycles. The van der Waals surface area contributed by atoms with Gasteiger partial charge in [0.1, 0.15) is 6.54 Å². The van der Waals surface area contributed by atoms with Gasteiger partial charge in [-0.05, 0) is 18.4 Å². The number of nitrogens with zero attached hydrogens (tertiary/aromatic N) is 1. The standard InChI is InChI=1S/C14H24N.CH4O3S/c1-3-5-6-7-8-11-15-12-9-14(4-2)10-13-15;1-5(2,3)4/h9-10,12-13H,3-8,11H2,1-2H3;1H3,(H,2,3,4)/q+1;. The predicted octanol–water partition coefficient (Wildman–Crippen LogP) is 3.01. The van der Waals surface area contributed by atoms with Crippen LogP contribution in [0.15, 0.2) is 24.5 Å². The lowest BCUT2D eigenvalue weighted by molar-refractivity contribution is -0.697. The van der Waals surface area contributed by atoms with Gasteiger partial charge in [0.15, 0.2) is 12.4 Å². The zero-order chi connectivity index (χ0) is 15.4. The van der Waals surface area contributed by atoms with E-state index in [1.807, 2.05) is 0 Å². The summed E-state index contributed by atoms with van der Waals surface area (Å²) in [5.41, 5.74) is 1.43. The fourth-order valence-corrected chi connectivity index (χ4v) is 1.77. The number of pyridine rings is 1. The molecule has 0 aromatic carbocycles. The quantitative estimate of drug-likeness (QED) is 0.478. The largest absolute Gasteiger partial charge is 0.286 e. The summed E-state index contributed by atoms with van der Waals surface area (Å²) in [6.07, 6.45) is 13.1. The van der Waals surface area contributed by atoms with Crippen LogP contribution in [0.2, 0.25) is 0 Å². The van der Waals surface area contributed by atoms with E-state index in [1.165, 1.54) is 44.2 Å². The number of hydrogen-bond acceptors (Lipinski definition) is 2. The van der Waals surface area contributed by atoms with Crippen molar-refractivity contribution < 1.29 is 17.5 Å². The average molecular weight is 302 g/mol. The molecule has 0 saturated heterocycles. The van der Waals surface area contributed by atoms with Crippen molar-refractivity contribution in [3.8, 4) is 0 Å². The number of unbranched alkanes of at least 4 members (excludes halogenated alkanes) is 4. The SMILES string of the molecule is CCCCCCC[n+]1ccc(CC)cc1.CS(=O)(=O)O. The lowest BCUT2D eigenvalue weighted by atomic mass is 10.1. The highest BCUT2D eigenvalue weighted by Crippen LogP contribution is 2.02. The van der Waals surface area contributed by atoms with Crippen molar-refractivity contribution in [2.75, 3.05) is 6.26 Å². The molecule has 0 spiro atoms. The molecule has 1 aromatic heterocycles. The molecule has 0 bridgehead atoms. The summed E-state index contributed by atoms with van der Waals surface area (Å²) in [5.74, 6) is 0. The normalized spacial score (nSPS) is 10.8. The Bertz CT molecular complexity index is 433. The molecule has 4 nitrogen and oxygen atoms in total. The van der Waals surface area contributed by atoms with E-state index in [9.17, 15) is 8.42 Å². The van der Waals surface area contributed by atoms with E-state index in [-0.39, 0.29) is 0 Å². The summed E-state index contributed by atoms with van der Waals surface area (Å²) in [4.78, 5) is 0. The third kappa shape index (κ3) is 13.5. The molecule has 1 heterocycles. The van der Waals surface area contributed by atoms with Crippen LogP contribution in [0.1, 0.15) is 51.5 Å². The summed E-state index contributed by atoms with van der Waals surface area (Å²) in [6.45, 7) is 5.64. The number of hydrogen-bond donors (Lipinski definition) is 1. The second-order valence-electron chi connectivity index (χ2n) is 4.95. The van der Waals surface area contributed by atoms with Crippen LogP contribution < -0.4 is 4.57 Å². The first-order valence-electron chi connectivity index (χ1n) is 7.27. The van der Waals surface area contributed by atoms with Gasteiger partial charge in [-0.25, -0.2) is 4.57 Å². The second-order valence-corrected chi connectivity index (χ2v) is 6.41. The van der Waals surface area contributed by atoms with Crippen molar-refractivity contribution in [1.29, 1.82) is 0 Å². The van der Waals surface area contributed by atoms with Crippen LogP contribution in [0.25, 0.3) is 0 Å². The van der Waals surface area contributed by atoms with E-state index in [4.69, 9.17) is 4.55 Å². The van der Waals surface area contributed by atoms with Gasteiger partial charge in [0.25, 0.3) is 10.1 Å². The van der Waals surface area contributed by atoms with E-state index in [1.54, 1.807) is 0 Å². The zero-order valence-electron chi connectivity index (χ0n) is 12.9. The summed E-state index contributed by atoms with van der Waals surface area (Å²) in [7, 11) is -3.67. The predicted molar refractivity (Wildman–Crippen MR) is 82.2 cm³/mol. The first-order chi connectivity index (χ1) is 9.36. The number of aromatic nitrogens is 1. The summed E-state index contributed by atoms with van der Waals surface area (Å²) < 4.78 is 28.2. The Balaban J connectivity index is 0.000000621. The third-order valence-corrected chi connectivity index (χ3v) is 2.89. The van der Waals surface area contributed by atoms with Gasteiger partial charge in [-0.1, -0.05) is 33.1 Å². The molecule has 0 unspecified atom stereocenters. The summed E-state index contributed by atoms with van der Waals surface area (Å²) in [6, 6.07) is 4.46. The highest BCUT2D eigenvalue weighted by Gasteiger charge is 1.99. The molecular formula is C15H28NO3S+. The van der Waals surface area contributed by atoms with E-state index < -0.39 is 10.1 Å². The Morgan fingerprint density at radius 1 is 1.05 bits per heavy atom. The van der Waals surface area contributed by atoms with Gasteiger partial charge >= 0.3 is 0 Å². The van der Waals surface area contributed by atoms with Crippen LogP contribution in [-0.4, -0.2) is 19.2 Å². The maximum atomic E-state index is 9.19. The molecule has 1 rings (SSSR count). The van der Waals surface area contributed by atoms with Crippen LogP contribution in [0.4, 0.5) is 0 Å². The lowest BCUT2D eigenvalue weighted by Gasteiger charge is -1.99. The van der Waals surface area contributed by atoms with E-state index in [0.29, 0.717) is 6.26 Å². The minimum Gasteiger partial charge on any atom is -0.286 e. The second kappa shape index (κ2) is 10.8. The third-order valence-electron chi connectivity index (χ3n) is 2.89. The van der Waals surface area contributed by atoms with Gasteiger partial charge in [-0.3, -0.25) is 4.55 Å². The van der Waals surface area contributed by atoms with Crippen LogP contribution in [0.5, 0.6) is 0 Å². The van der Waals surface area contributed by atoms with E-state index in [2.05, 4.69) is 42.9 Å². The molecule has 0 radical (unpaired) electrons. The fourth-order valence-electron chi connectivity index (χ4n) is 1.77. The van der Waals surface area contributed by atoms with E-state index >= 15 is 0 Å². The van der Waals surface area contributed by atoms with Crippen LogP contribution in [0, 0.1) is 0 Å². The molecule has 5 heteroatoms. The first kappa shape index (κ1) is 19.1. The molecule has 0 aliphatic rings. The maximum Gasteiger partial charge on any atom is 0.261 e. The molecule has 0 fully saturated rings. The lowest BCUT2D eigenvalue weighted by Crippen LogP contribution is -2.32. The molecule has 1 N–H and O–H groups in total. The first-order valence-corrected chi connectivity index (χ1v) is 9.12. The summed E-state index contributed by atoms with van der Waals surface area (Å²) in [5, 5.41) is 0. The van der Waals surface area contributed by atoms with Crippen LogP contribution in [-0.2, 0) is 23.1 Å². The molecule has 0 aliphatic heterocycles. The van der Waals surface area contributed by atoms with Crippen molar-refractivity contribution in [2.24, 2.45) is 0 Å². The zero-order valence-corrected chi connectivity index (χ0v) is 13.7. The Hall–Kier alpha value is -0.940. The highest BCUT2D eigenvalue weighted by molar-refractivity contribution is 7.85. The van der Waals surface area contributed by atoms with Gasteiger partial charge in [0, 0.05) is 18.6 Å². The average Bonchev–Trinajstić information content (AvgIpc) is 2.37. The molecule has 0 amide bonds. The van der Waals surface area contributed by atoms with Gasteiger partial charge < -0.3 is 0 Å². The van der Waals surface area contributed by atoms with Crippen LogP contribution >= 0.6 is 0 Å². The molecular weight excluding hydrogens is 274 g/mol. The topological polar surface area (TPSA) is 58.2 Å². The van der Waals surface area contributed by atoms with Gasteiger partial charge in [-0.2, -0.15) is 8.42 Å². The number of rotatable bonds is 7. The fraction of sp³-hybridized carbons (Fsp3) is 0.667. The highest BCUT2D eigenvalue weighted by atomic mass is 32.2. The minimum absolute atomic E-state index is 0.715. The van der Waals surface area contributed by atoms with Gasteiger partial charge in [-0.15, -0.1) is 0 Å². The van der Waals surface area contributed by atoms with Gasteiger partial charge in [0.2, 0.25) is 0 Å². The Morgan fingerprint density at radius 2 is 1.55 bits per heavy atom. The van der Waals surface area contributed by atoms with Crippen molar-refractivity contribution in [3.05, 3.63) is 30.1 Å². The molecule has 0 atom stereocenters. The van der Waals surface area contributed by atoms with E-state index in [0.717, 1.165) is 6.42 Å². The number of aryl methyl sites for hydroxylation is 2. The molecule has 0 saturated carbocycles.